The Morgan fingerprint density at radius 1 is 0.515 bits per heavy atom. The minimum absolute atomic E-state index is 0.00209. The van der Waals surface area contributed by atoms with E-state index in [4.69, 9.17) is 9.05 Å². The Balaban J connectivity index is 3.86. The lowest BCUT2D eigenvalue weighted by molar-refractivity contribution is -0.870. The first-order valence-corrected chi connectivity index (χ1v) is 30.5. The van der Waals surface area contributed by atoms with Crippen LogP contribution in [0.2, 0.25) is 0 Å². The normalized spacial score (nSPS) is 14.0. The zero-order chi connectivity index (χ0) is 48.5. The van der Waals surface area contributed by atoms with E-state index >= 15 is 0 Å². The van der Waals surface area contributed by atoms with Gasteiger partial charge in [0.1, 0.15) is 13.2 Å². The second kappa shape index (κ2) is 49.2. The molecule has 0 saturated heterocycles. The Bertz CT molecular complexity index is 1080. The predicted molar refractivity (Wildman–Crippen MR) is 284 cm³/mol. The van der Waals surface area contributed by atoms with Gasteiger partial charge in [-0.2, -0.15) is 0 Å². The Morgan fingerprint density at radius 2 is 0.818 bits per heavy atom. The van der Waals surface area contributed by atoms with Crippen molar-refractivity contribution in [3.05, 3.63) is 12.2 Å². The van der Waals surface area contributed by atoms with Gasteiger partial charge in [0.05, 0.1) is 39.9 Å². The lowest BCUT2D eigenvalue weighted by Gasteiger charge is -2.29. The number of nitrogens with one attached hydrogen (secondary N) is 1. The van der Waals surface area contributed by atoms with Crippen LogP contribution in [0.15, 0.2) is 12.2 Å². The number of nitrogens with zero attached hydrogens (tertiary/aromatic N) is 1. The molecule has 0 aliphatic rings. The van der Waals surface area contributed by atoms with Crippen LogP contribution in [-0.2, 0) is 18.4 Å². The summed E-state index contributed by atoms with van der Waals surface area (Å²) in [5.74, 6) is -0.193. The highest BCUT2D eigenvalue weighted by molar-refractivity contribution is 7.45. The van der Waals surface area contributed by atoms with Crippen molar-refractivity contribution in [2.75, 3.05) is 40.9 Å². The maximum atomic E-state index is 12.9. The van der Waals surface area contributed by atoms with Crippen LogP contribution >= 0.6 is 7.82 Å². The van der Waals surface area contributed by atoms with Crippen molar-refractivity contribution in [2.45, 2.75) is 309 Å². The van der Waals surface area contributed by atoms with Gasteiger partial charge in [0, 0.05) is 6.42 Å². The molecule has 0 aromatic rings. The van der Waals surface area contributed by atoms with E-state index in [1.165, 1.54) is 238 Å². The zero-order valence-electron chi connectivity index (χ0n) is 44.9. The van der Waals surface area contributed by atoms with Crippen LogP contribution < -0.4 is 10.2 Å². The molecule has 0 fully saturated rings. The standard InChI is InChI=1S/C57H115N2O6P/c1-6-8-10-12-14-16-18-19-20-21-22-23-24-25-26-27-28-29-30-31-32-33-34-35-36-37-38-39-40-41-43-45-47-49-51-57(61)58-55(54-65-66(62,63)64-53-52-59(3,4)5)56(60)50-48-46-44-42-17-15-13-11-9-7-2/h48,50,55-56,60H,6-47,49,51-54H2,1-5H3,(H-,58,61,62,63)/b50-48+. The van der Waals surface area contributed by atoms with Gasteiger partial charge < -0.3 is 28.8 Å². The van der Waals surface area contributed by atoms with Crippen molar-refractivity contribution in [2.24, 2.45) is 0 Å². The smallest absolute Gasteiger partial charge is 0.268 e. The number of phosphoric acid groups is 1. The van der Waals surface area contributed by atoms with E-state index in [1.54, 1.807) is 6.08 Å². The highest BCUT2D eigenvalue weighted by Crippen LogP contribution is 2.38. The molecule has 0 aliphatic carbocycles. The Labute approximate surface area is 412 Å². The molecular formula is C57H115N2O6P. The molecule has 66 heavy (non-hydrogen) atoms. The molecule has 0 aliphatic heterocycles. The molecule has 0 radical (unpaired) electrons. The fourth-order valence-electron chi connectivity index (χ4n) is 8.92. The summed E-state index contributed by atoms with van der Waals surface area (Å²) < 4.78 is 23.2. The van der Waals surface area contributed by atoms with E-state index in [0.29, 0.717) is 17.4 Å². The number of aliphatic hydroxyl groups is 1. The first kappa shape index (κ1) is 65.2. The van der Waals surface area contributed by atoms with E-state index in [9.17, 15) is 19.4 Å². The number of quaternary nitrogens is 1. The second-order valence-electron chi connectivity index (χ2n) is 21.4. The highest BCUT2D eigenvalue weighted by Gasteiger charge is 2.23. The third-order valence-electron chi connectivity index (χ3n) is 13.5. The van der Waals surface area contributed by atoms with Crippen LogP contribution in [0.25, 0.3) is 0 Å². The van der Waals surface area contributed by atoms with E-state index in [1.807, 2.05) is 27.2 Å². The molecule has 3 unspecified atom stereocenters. The topological polar surface area (TPSA) is 108 Å². The van der Waals surface area contributed by atoms with E-state index in [2.05, 4.69) is 19.2 Å². The van der Waals surface area contributed by atoms with Gasteiger partial charge in [-0.25, -0.2) is 0 Å². The number of allylic oxidation sites excluding steroid dienone is 1. The molecule has 8 nitrogen and oxygen atoms in total. The molecule has 0 aromatic heterocycles. The van der Waals surface area contributed by atoms with Crippen molar-refractivity contribution in [1.82, 2.24) is 5.32 Å². The molecule has 9 heteroatoms. The Kier molecular flexibility index (Phi) is 48.7. The average Bonchev–Trinajstić information content (AvgIpc) is 3.28. The summed E-state index contributed by atoms with van der Waals surface area (Å²) in [4.78, 5) is 25.4. The second-order valence-corrected chi connectivity index (χ2v) is 22.8. The SMILES string of the molecule is CCCCCCCCCC/C=C/C(O)C(COP(=O)([O-])OCC[N+](C)(C)C)NC(=O)CCCCCCCCCCCCCCCCCCCCCCCCCCCCCCCCCCCC. The number of hydrogen-bond acceptors (Lipinski definition) is 6. The van der Waals surface area contributed by atoms with E-state index < -0.39 is 20.0 Å². The van der Waals surface area contributed by atoms with Crippen LogP contribution in [-0.4, -0.2) is 68.5 Å². The van der Waals surface area contributed by atoms with Crippen LogP contribution in [0.1, 0.15) is 296 Å². The number of amides is 1. The molecular weight excluding hydrogens is 840 g/mol. The van der Waals surface area contributed by atoms with E-state index in [-0.39, 0.29) is 19.1 Å². The number of rotatable bonds is 54. The average molecular weight is 956 g/mol. The predicted octanol–water partition coefficient (Wildman–Crippen LogP) is 16.8. The summed E-state index contributed by atoms with van der Waals surface area (Å²) in [6.45, 7) is 4.66. The number of carbonyl (C=O) groups excluding carboxylic acids is 1. The summed E-state index contributed by atoms with van der Waals surface area (Å²) >= 11 is 0. The molecule has 2 N–H and O–H groups in total. The van der Waals surface area contributed by atoms with Gasteiger partial charge in [0.25, 0.3) is 7.82 Å². The van der Waals surface area contributed by atoms with Gasteiger partial charge in [-0.3, -0.25) is 9.36 Å². The maximum absolute atomic E-state index is 12.9. The molecule has 0 saturated carbocycles. The lowest BCUT2D eigenvalue weighted by atomic mass is 10.0. The minimum atomic E-state index is -4.58. The van der Waals surface area contributed by atoms with Crippen LogP contribution in [0, 0.1) is 0 Å². The molecule has 0 rings (SSSR count). The Morgan fingerprint density at radius 3 is 1.14 bits per heavy atom. The third kappa shape index (κ3) is 51.1. The summed E-state index contributed by atoms with van der Waals surface area (Å²) in [7, 11) is 1.27. The molecule has 0 bridgehead atoms. The van der Waals surface area contributed by atoms with Crippen molar-refractivity contribution in [3.8, 4) is 0 Å². The molecule has 0 aromatic carbocycles. The monoisotopic (exact) mass is 955 g/mol. The summed E-state index contributed by atoms with van der Waals surface area (Å²) in [6, 6.07) is -0.880. The van der Waals surface area contributed by atoms with E-state index in [0.717, 1.165) is 38.5 Å². The fourth-order valence-corrected chi connectivity index (χ4v) is 9.64. The fraction of sp³-hybridized carbons (Fsp3) is 0.947. The number of hydrogen-bond donors (Lipinski definition) is 2. The van der Waals surface area contributed by atoms with Gasteiger partial charge in [0.2, 0.25) is 5.91 Å². The summed E-state index contributed by atoms with van der Waals surface area (Å²) in [5.41, 5.74) is 0. The number of phosphoric ester groups is 1. The van der Waals surface area contributed by atoms with Gasteiger partial charge in [0.15, 0.2) is 0 Å². The van der Waals surface area contributed by atoms with Crippen LogP contribution in [0.5, 0.6) is 0 Å². The highest BCUT2D eigenvalue weighted by atomic mass is 31.2. The number of unbranched alkanes of at least 4 members (excludes halogenated alkanes) is 41. The largest absolute Gasteiger partial charge is 0.756 e. The van der Waals surface area contributed by atoms with Crippen LogP contribution in [0.4, 0.5) is 0 Å². The van der Waals surface area contributed by atoms with Crippen molar-refractivity contribution < 1.29 is 32.9 Å². The number of carbonyl (C=O) groups is 1. The van der Waals surface area contributed by atoms with Gasteiger partial charge in [-0.15, -0.1) is 0 Å². The third-order valence-corrected chi connectivity index (χ3v) is 14.5. The first-order valence-electron chi connectivity index (χ1n) is 29.1. The summed E-state index contributed by atoms with van der Waals surface area (Å²) in [6.07, 6.45) is 60.4. The summed E-state index contributed by atoms with van der Waals surface area (Å²) in [5, 5.41) is 13.8. The number of aliphatic hydroxyl groups excluding tert-OH is 1. The van der Waals surface area contributed by atoms with Crippen LogP contribution in [0.3, 0.4) is 0 Å². The van der Waals surface area contributed by atoms with Crippen molar-refractivity contribution in [1.29, 1.82) is 0 Å². The van der Waals surface area contributed by atoms with Gasteiger partial charge >= 0.3 is 0 Å². The quantitative estimate of drug-likeness (QED) is 0.0272. The van der Waals surface area contributed by atoms with Crippen molar-refractivity contribution >= 4 is 13.7 Å². The lowest BCUT2D eigenvalue weighted by Crippen LogP contribution is -2.45. The van der Waals surface area contributed by atoms with Gasteiger partial charge in [-0.05, 0) is 19.3 Å². The minimum Gasteiger partial charge on any atom is -0.756 e. The number of likely N-dealkylation sites (N-methyl/N-ethyl adjacent to an activating group) is 1. The van der Waals surface area contributed by atoms with Crippen molar-refractivity contribution in [3.63, 3.8) is 0 Å². The van der Waals surface area contributed by atoms with Gasteiger partial charge in [-0.1, -0.05) is 283 Å². The molecule has 3 atom stereocenters. The molecule has 394 valence electrons. The maximum Gasteiger partial charge on any atom is 0.268 e. The zero-order valence-corrected chi connectivity index (χ0v) is 45.8. The molecule has 1 amide bonds. The first-order chi connectivity index (χ1) is 32.0. The molecule has 0 spiro atoms. The Hall–Kier alpha value is -0.760. The molecule has 0 heterocycles.